The lowest BCUT2D eigenvalue weighted by molar-refractivity contribution is -0.138. The quantitative estimate of drug-likeness (QED) is 0.483. The number of carbonyl (C=O) groups is 4. The van der Waals surface area contributed by atoms with Crippen LogP contribution in [0.1, 0.15) is 59.0 Å². The number of likely N-dealkylation sites (tertiary alicyclic amines) is 2. The Kier molecular flexibility index (Phi) is 7.62. The predicted molar refractivity (Wildman–Crippen MR) is 152 cm³/mol. The maximum atomic E-state index is 14.0. The molecule has 2 saturated heterocycles. The molecular formula is C32H34N4O5. The largest absolute Gasteiger partial charge is 0.508 e. The van der Waals surface area contributed by atoms with Crippen molar-refractivity contribution in [3.05, 3.63) is 95.3 Å². The minimum Gasteiger partial charge on any atom is -0.508 e. The number of rotatable bonds is 6. The van der Waals surface area contributed by atoms with E-state index < -0.39 is 24.0 Å². The van der Waals surface area contributed by atoms with Gasteiger partial charge < -0.3 is 20.2 Å². The van der Waals surface area contributed by atoms with Crippen molar-refractivity contribution in [2.24, 2.45) is 0 Å². The number of benzene rings is 2. The average Bonchev–Trinajstić information content (AvgIpc) is 3.54. The second-order valence-corrected chi connectivity index (χ2v) is 11.7. The smallest absolute Gasteiger partial charge is 0.254 e. The van der Waals surface area contributed by atoms with E-state index in [1.807, 2.05) is 12.1 Å². The predicted octanol–water partition coefficient (Wildman–Crippen LogP) is 3.12. The molecule has 0 spiro atoms. The van der Waals surface area contributed by atoms with Crippen molar-refractivity contribution < 1.29 is 24.3 Å². The minimum absolute atomic E-state index is 0.0703. The summed E-state index contributed by atoms with van der Waals surface area (Å²) in [5, 5.41) is 12.6. The topological polar surface area (TPSA) is 120 Å². The van der Waals surface area contributed by atoms with Gasteiger partial charge in [0.05, 0.1) is 12.6 Å². The molecule has 2 aliphatic heterocycles. The van der Waals surface area contributed by atoms with Gasteiger partial charge in [-0.05, 0) is 59.4 Å². The van der Waals surface area contributed by atoms with Gasteiger partial charge in [-0.2, -0.15) is 0 Å². The van der Waals surface area contributed by atoms with Gasteiger partial charge >= 0.3 is 0 Å². The van der Waals surface area contributed by atoms with Gasteiger partial charge in [-0.3, -0.25) is 24.2 Å². The number of pyridine rings is 1. The summed E-state index contributed by atoms with van der Waals surface area (Å²) >= 11 is 0. The van der Waals surface area contributed by atoms with Gasteiger partial charge in [0.15, 0.2) is 5.78 Å². The molecule has 0 radical (unpaired) electrons. The fourth-order valence-corrected chi connectivity index (χ4v) is 5.63. The van der Waals surface area contributed by atoms with E-state index in [-0.39, 0.29) is 41.7 Å². The molecule has 3 amide bonds. The molecule has 41 heavy (non-hydrogen) atoms. The fraction of sp³-hybridized carbons (Fsp3) is 0.344. The zero-order chi connectivity index (χ0) is 29.3. The van der Waals surface area contributed by atoms with Crippen LogP contribution in [-0.4, -0.2) is 74.6 Å². The summed E-state index contributed by atoms with van der Waals surface area (Å²) in [6.07, 6.45) is 3.69. The summed E-state index contributed by atoms with van der Waals surface area (Å²) in [6, 6.07) is 14.8. The summed E-state index contributed by atoms with van der Waals surface area (Å²) in [5.74, 6) is -1.15. The molecule has 0 saturated carbocycles. The number of amides is 3. The van der Waals surface area contributed by atoms with Gasteiger partial charge in [0.25, 0.3) is 11.8 Å². The SMILES string of the molecule is CC(C)(C)c1ccc(C(=O)N[C@@H](Cc2ccc(O)cc2)C(=O)N2CC[C@@H]3[C@H]2C(=O)CN3C(=O)c2ccncc2)cc1. The second kappa shape index (κ2) is 11.2. The highest BCUT2D eigenvalue weighted by atomic mass is 16.3. The van der Waals surface area contributed by atoms with E-state index in [0.717, 1.165) is 11.1 Å². The molecule has 2 aliphatic rings. The number of aromatic hydroxyl groups is 1. The molecule has 9 heteroatoms. The number of Topliss-reactive ketones (excluding diaryl/α,β-unsaturated/α-hetero) is 1. The number of fused-ring (bicyclic) bond motifs is 1. The molecule has 2 aromatic carbocycles. The van der Waals surface area contributed by atoms with Crippen LogP contribution in [0.5, 0.6) is 5.75 Å². The highest BCUT2D eigenvalue weighted by Crippen LogP contribution is 2.32. The van der Waals surface area contributed by atoms with Crippen molar-refractivity contribution in [1.29, 1.82) is 0 Å². The van der Waals surface area contributed by atoms with Crippen LogP contribution in [0.3, 0.4) is 0 Å². The van der Waals surface area contributed by atoms with Crippen molar-refractivity contribution in [3.63, 3.8) is 0 Å². The number of aromatic nitrogens is 1. The Bertz CT molecular complexity index is 1450. The molecule has 3 atom stereocenters. The fourth-order valence-electron chi connectivity index (χ4n) is 5.63. The minimum atomic E-state index is -0.953. The Hall–Kier alpha value is -4.53. The van der Waals surface area contributed by atoms with Crippen LogP contribution in [0.15, 0.2) is 73.1 Å². The normalized spacial score (nSPS) is 19.1. The van der Waals surface area contributed by atoms with Crippen molar-refractivity contribution in [1.82, 2.24) is 20.1 Å². The molecule has 0 bridgehead atoms. The van der Waals surface area contributed by atoms with Gasteiger partial charge in [-0.1, -0.05) is 45.0 Å². The van der Waals surface area contributed by atoms with Gasteiger partial charge in [-0.15, -0.1) is 0 Å². The molecule has 5 rings (SSSR count). The Morgan fingerprint density at radius 2 is 1.61 bits per heavy atom. The zero-order valence-electron chi connectivity index (χ0n) is 23.4. The standard InChI is InChI=1S/C32H34N4O5/c1-32(2,3)23-8-6-21(7-9-23)29(39)34-25(18-20-4-10-24(37)11-5-20)31(41)35-17-14-26-28(35)27(38)19-36(26)30(40)22-12-15-33-16-13-22/h4-13,15-16,25-26,28,37H,14,17-19H2,1-3H3,(H,34,39)/t25-,26+,28-/m0/s1. The van der Waals surface area contributed by atoms with Gasteiger partial charge in [0.2, 0.25) is 5.91 Å². The van der Waals surface area contributed by atoms with E-state index >= 15 is 0 Å². The van der Waals surface area contributed by atoms with Crippen molar-refractivity contribution in [2.45, 2.75) is 57.2 Å². The van der Waals surface area contributed by atoms with E-state index in [1.54, 1.807) is 41.3 Å². The first-order valence-corrected chi connectivity index (χ1v) is 13.8. The summed E-state index contributed by atoms with van der Waals surface area (Å²) in [4.78, 5) is 60.7. The lowest BCUT2D eigenvalue weighted by Gasteiger charge is -2.28. The molecule has 1 aromatic heterocycles. The van der Waals surface area contributed by atoms with Crippen LogP contribution in [0.4, 0.5) is 0 Å². The zero-order valence-corrected chi connectivity index (χ0v) is 23.4. The lowest BCUT2D eigenvalue weighted by Crippen LogP contribution is -2.53. The highest BCUT2D eigenvalue weighted by Gasteiger charge is 2.52. The molecule has 0 aliphatic carbocycles. The first-order valence-electron chi connectivity index (χ1n) is 13.8. The summed E-state index contributed by atoms with van der Waals surface area (Å²) < 4.78 is 0. The van der Waals surface area contributed by atoms with E-state index in [0.29, 0.717) is 24.1 Å². The van der Waals surface area contributed by atoms with Crippen LogP contribution in [0.2, 0.25) is 0 Å². The third kappa shape index (κ3) is 5.84. The molecule has 2 N–H and O–H groups in total. The van der Waals surface area contributed by atoms with E-state index in [9.17, 15) is 24.3 Å². The monoisotopic (exact) mass is 554 g/mol. The number of nitrogens with zero attached hydrogens (tertiary/aromatic N) is 3. The highest BCUT2D eigenvalue weighted by molar-refractivity contribution is 6.03. The molecule has 0 unspecified atom stereocenters. The summed E-state index contributed by atoms with van der Waals surface area (Å²) in [6.45, 7) is 6.49. The van der Waals surface area contributed by atoms with Crippen molar-refractivity contribution >= 4 is 23.5 Å². The lowest BCUT2D eigenvalue weighted by atomic mass is 9.86. The second-order valence-electron chi connectivity index (χ2n) is 11.7. The Balaban J connectivity index is 1.37. The molecule has 212 valence electrons. The maximum Gasteiger partial charge on any atom is 0.254 e. The average molecular weight is 555 g/mol. The van der Waals surface area contributed by atoms with Gasteiger partial charge in [-0.25, -0.2) is 0 Å². The Morgan fingerprint density at radius 3 is 2.24 bits per heavy atom. The number of ketones is 1. The Morgan fingerprint density at radius 1 is 0.951 bits per heavy atom. The number of phenols is 1. The number of carbonyl (C=O) groups excluding carboxylic acids is 4. The van der Waals surface area contributed by atoms with Crippen LogP contribution >= 0.6 is 0 Å². The Labute approximate surface area is 239 Å². The molecule has 3 aromatic rings. The first kappa shape index (κ1) is 28.0. The van der Waals surface area contributed by atoms with Crippen molar-refractivity contribution in [3.8, 4) is 5.75 Å². The van der Waals surface area contributed by atoms with Crippen LogP contribution in [0.25, 0.3) is 0 Å². The number of hydrogen-bond acceptors (Lipinski definition) is 6. The van der Waals surface area contributed by atoms with Crippen LogP contribution in [-0.2, 0) is 21.4 Å². The van der Waals surface area contributed by atoms with E-state index in [2.05, 4.69) is 31.1 Å². The van der Waals surface area contributed by atoms with Crippen molar-refractivity contribution in [2.75, 3.05) is 13.1 Å². The van der Waals surface area contributed by atoms with Crippen LogP contribution in [0, 0.1) is 0 Å². The van der Waals surface area contributed by atoms with E-state index in [1.165, 1.54) is 29.4 Å². The summed E-state index contributed by atoms with van der Waals surface area (Å²) in [5.41, 5.74) is 2.62. The number of hydrogen-bond donors (Lipinski definition) is 2. The van der Waals surface area contributed by atoms with E-state index in [4.69, 9.17) is 0 Å². The number of nitrogens with one attached hydrogen (secondary N) is 1. The van der Waals surface area contributed by atoms with Crippen LogP contribution < -0.4 is 5.32 Å². The number of phenolic OH excluding ortho intramolecular Hbond substituents is 1. The molecule has 3 heterocycles. The molecule has 2 fully saturated rings. The molecular weight excluding hydrogens is 520 g/mol. The van der Waals surface area contributed by atoms with Gasteiger partial charge in [0.1, 0.15) is 17.8 Å². The molecule has 9 nitrogen and oxygen atoms in total. The van der Waals surface area contributed by atoms with Gasteiger partial charge in [0, 0.05) is 36.5 Å². The third-order valence-corrected chi connectivity index (χ3v) is 7.89. The maximum absolute atomic E-state index is 14.0. The first-order chi connectivity index (χ1) is 19.5. The summed E-state index contributed by atoms with van der Waals surface area (Å²) in [7, 11) is 0. The third-order valence-electron chi connectivity index (χ3n) is 7.89.